The second kappa shape index (κ2) is 4.97. The number of nitrogens with one attached hydrogen (secondary N) is 2. The molecule has 0 saturated heterocycles. The maximum atomic E-state index is 11.4. The number of hydrogen-bond donors (Lipinski definition) is 2. The van der Waals surface area contributed by atoms with Crippen LogP contribution in [0.15, 0.2) is 6.07 Å². The molecule has 0 aliphatic heterocycles. The fourth-order valence-corrected chi connectivity index (χ4v) is 1.93. The number of ether oxygens (including phenoxy) is 1. The summed E-state index contributed by atoms with van der Waals surface area (Å²) in [5, 5.41) is 6.39. The Kier molecular flexibility index (Phi) is 3.88. The Morgan fingerprint density at radius 3 is 2.81 bits per heavy atom. The van der Waals surface area contributed by atoms with Crippen LogP contribution in [-0.4, -0.2) is 37.4 Å². The minimum absolute atomic E-state index is 0.167. The number of sulfonamides is 1. The summed E-state index contributed by atoms with van der Waals surface area (Å²) in [4.78, 5) is 10.8. The van der Waals surface area contributed by atoms with Gasteiger partial charge in [-0.1, -0.05) is 6.92 Å². The molecule has 2 N–H and O–H groups in total. The van der Waals surface area contributed by atoms with E-state index in [1.807, 2.05) is 6.92 Å². The minimum atomic E-state index is -3.75. The van der Waals surface area contributed by atoms with Gasteiger partial charge in [-0.3, -0.25) is 14.6 Å². The second-order valence-electron chi connectivity index (χ2n) is 3.07. The Labute approximate surface area is 93.2 Å². The van der Waals surface area contributed by atoms with Crippen LogP contribution >= 0.6 is 0 Å². The van der Waals surface area contributed by atoms with Crippen LogP contribution in [0.5, 0.6) is 0 Å². The smallest absolute Gasteiger partial charge is 0.322 e. The lowest BCUT2D eigenvalue weighted by atomic mass is 10.3. The molecule has 8 heteroatoms. The number of anilines is 1. The van der Waals surface area contributed by atoms with Gasteiger partial charge in [0.1, 0.15) is 0 Å². The van der Waals surface area contributed by atoms with Crippen molar-refractivity contribution in [1.29, 1.82) is 0 Å². The number of carbonyl (C=O) groups excluding carboxylic acids is 1. The van der Waals surface area contributed by atoms with E-state index in [-0.39, 0.29) is 5.82 Å². The van der Waals surface area contributed by atoms with Crippen molar-refractivity contribution in [3.63, 3.8) is 0 Å². The highest BCUT2D eigenvalue weighted by atomic mass is 32.2. The number of esters is 1. The summed E-state index contributed by atoms with van der Waals surface area (Å²) >= 11 is 0. The van der Waals surface area contributed by atoms with E-state index in [1.165, 1.54) is 0 Å². The van der Waals surface area contributed by atoms with Gasteiger partial charge in [0.2, 0.25) is 10.0 Å². The predicted octanol–water partition coefficient (Wildman–Crippen LogP) is -0.113. The van der Waals surface area contributed by atoms with E-state index < -0.39 is 21.7 Å². The van der Waals surface area contributed by atoms with Crippen LogP contribution < -0.4 is 4.72 Å². The van der Waals surface area contributed by atoms with E-state index >= 15 is 0 Å². The quantitative estimate of drug-likeness (QED) is 0.707. The van der Waals surface area contributed by atoms with E-state index in [2.05, 4.69) is 19.7 Å². The lowest BCUT2D eigenvalue weighted by molar-refractivity contribution is -0.137. The molecule has 0 bridgehead atoms. The number of methoxy groups -OCH3 is 1. The van der Waals surface area contributed by atoms with Crippen LogP contribution in [0.1, 0.15) is 12.6 Å². The fraction of sp³-hybridized carbons (Fsp3) is 0.500. The van der Waals surface area contributed by atoms with Crippen molar-refractivity contribution in [2.45, 2.75) is 13.3 Å². The number of H-pyrrole nitrogens is 1. The first-order valence-corrected chi connectivity index (χ1v) is 6.23. The molecule has 90 valence electrons. The second-order valence-corrected chi connectivity index (χ2v) is 4.79. The first kappa shape index (κ1) is 12.5. The highest BCUT2D eigenvalue weighted by molar-refractivity contribution is 7.93. The molecule has 0 fully saturated rings. The Morgan fingerprint density at radius 2 is 2.31 bits per heavy atom. The molecule has 1 heterocycles. The normalized spacial score (nSPS) is 11.1. The first-order valence-electron chi connectivity index (χ1n) is 4.58. The maximum absolute atomic E-state index is 11.4. The molecule has 0 aromatic carbocycles. The molecule has 1 aromatic heterocycles. The van der Waals surface area contributed by atoms with Gasteiger partial charge in [-0.05, 0) is 6.42 Å². The molecule has 16 heavy (non-hydrogen) atoms. The third kappa shape index (κ3) is 3.54. The average molecular weight is 247 g/mol. The fourth-order valence-electron chi connectivity index (χ4n) is 1.00. The van der Waals surface area contributed by atoms with Crippen molar-refractivity contribution in [2.75, 3.05) is 17.6 Å². The lowest BCUT2D eigenvalue weighted by Crippen LogP contribution is -2.23. The Bertz CT molecular complexity index is 465. The van der Waals surface area contributed by atoms with Gasteiger partial charge >= 0.3 is 5.97 Å². The molecule has 0 unspecified atom stereocenters. The van der Waals surface area contributed by atoms with Crippen molar-refractivity contribution in [2.24, 2.45) is 0 Å². The van der Waals surface area contributed by atoms with Crippen molar-refractivity contribution in [1.82, 2.24) is 10.2 Å². The number of aromatic amines is 1. The molecular weight excluding hydrogens is 234 g/mol. The van der Waals surface area contributed by atoms with Crippen LogP contribution in [-0.2, 0) is 26.0 Å². The molecule has 0 aliphatic rings. The Hall–Kier alpha value is -1.57. The zero-order valence-electron chi connectivity index (χ0n) is 8.98. The van der Waals surface area contributed by atoms with Crippen LogP contribution in [0.3, 0.4) is 0 Å². The summed E-state index contributed by atoms with van der Waals surface area (Å²) in [6.45, 7) is 1.90. The van der Waals surface area contributed by atoms with Crippen LogP contribution in [0, 0.1) is 0 Å². The first-order chi connectivity index (χ1) is 7.46. The van der Waals surface area contributed by atoms with Gasteiger partial charge in [0.25, 0.3) is 0 Å². The van der Waals surface area contributed by atoms with E-state index in [9.17, 15) is 13.2 Å². The van der Waals surface area contributed by atoms with Crippen LogP contribution in [0.4, 0.5) is 5.82 Å². The van der Waals surface area contributed by atoms with Crippen LogP contribution in [0.2, 0.25) is 0 Å². The van der Waals surface area contributed by atoms with E-state index in [0.717, 1.165) is 12.8 Å². The standard InChI is InChI=1S/C8H13N3O4S/c1-3-6-4-7(10-9-6)11-16(13,14)5-8(12)15-2/h4H,3,5H2,1-2H3,(H2,9,10,11). The van der Waals surface area contributed by atoms with Gasteiger partial charge in [0.05, 0.1) is 7.11 Å². The minimum Gasteiger partial charge on any atom is -0.468 e. The molecule has 7 nitrogen and oxygen atoms in total. The number of aryl methyl sites for hydroxylation is 1. The Morgan fingerprint density at radius 1 is 1.62 bits per heavy atom. The van der Waals surface area contributed by atoms with Gasteiger partial charge in [-0.2, -0.15) is 5.10 Å². The third-order valence-corrected chi connectivity index (χ3v) is 2.94. The summed E-state index contributed by atoms with van der Waals surface area (Å²) in [7, 11) is -2.62. The summed E-state index contributed by atoms with van der Waals surface area (Å²) in [6.07, 6.45) is 0.714. The van der Waals surface area contributed by atoms with Gasteiger partial charge in [0.15, 0.2) is 11.6 Å². The molecule has 0 saturated carbocycles. The van der Waals surface area contributed by atoms with E-state index in [1.54, 1.807) is 6.07 Å². The summed E-state index contributed by atoms with van der Waals surface area (Å²) in [6, 6.07) is 1.56. The lowest BCUT2D eigenvalue weighted by Gasteiger charge is -2.02. The third-order valence-electron chi connectivity index (χ3n) is 1.81. The number of aromatic nitrogens is 2. The molecule has 0 spiro atoms. The van der Waals surface area contributed by atoms with Gasteiger partial charge in [-0.25, -0.2) is 8.42 Å². The zero-order chi connectivity index (χ0) is 12.2. The number of nitrogens with zero attached hydrogens (tertiary/aromatic N) is 1. The number of rotatable bonds is 5. The molecule has 1 rings (SSSR count). The molecule has 1 aromatic rings. The van der Waals surface area contributed by atoms with Crippen LogP contribution in [0.25, 0.3) is 0 Å². The molecular formula is C8H13N3O4S. The highest BCUT2D eigenvalue weighted by Crippen LogP contribution is 2.08. The maximum Gasteiger partial charge on any atom is 0.322 e. The molecule has 0 amide bonds. The molecule has 0 aliphatic carbocycles. The van der Waals surface area contributed by atoms with E-state index in [0.29, 0.717) is 6.42 Å². The highest BCUT2D eigenvalue weighted by Gasteiger charge is 2.17. The summed E-state index contributed by atoms with van der Waals surface area (Å²) < 4.78 is 29.2. The van der Waals surface area contributed by atoms with Crippen molar-refractivity contribution < 1.29 is 17.9 Å². The van der Waals surface area contributed by atoms with Crippen molar-refractivity contribution in [3.8, 4) is 0 Å². The van der Waals surface area contributed by atoms with Gasteiger partial charge in [-0.15, -0.1) is 0 Å². The molecule has 0 atom stereocenters. The summed E-state index contributed by atoms with van der Waals surface area (Å²) in [5.41, 5.74) is 0.802. The average Bonchev–Trinajstić information content (AvgIpc) is 2.63. The monoisotopic (exact) mass is 247 g/mol. The number of carbonyl (C=O) groups is 1. The van der Waals surface area contributed by atoms with Crippen molar-refractivity contribution in [3.05, 3.63) is 11.8 Å². The van der Waals surface area contributed by atoms with Gasteiger partial charge in [0, 0.05) is 11.8 Å². The SMILES string of the molecule is CCc1cc(NS(=O)(=O)CC(=O)OC)n[nH]1. The largest absolute Gasteiger partial charge is 0.468 e. The topological polar surface area (TPSA) is 101 Å². The van der Waals surface area contributed by atoms with Crippen molar-refractivity contribution >= 4 is 21.8 Å². The van der Waals surface area contributed by atoms with E-state index in [4.69, 9.17) is 0 Å². The van der Waals surface area contributed by atoms with Gasteiger partial charge < -0.3 is 4.74 Å². The Balaban J connectivity index is 2.69. The molecule has 0 radical (unpaired) electrons. The predicted molar refractivity (Wildman–Crippen MR) is 57.4 cm³/mol. The number of hydrogen-bond acceptors (Lipinski definition) is 5. The zero-order valence-corrected chi connectivity index (χ0v) is 9.80. The summed E-state index contributed by atoms with van der Waals surface area (Å²) in [5.74, 6) is -1.38.